The number of thioether (sulfide) groups is 1. The molecule has 1 aliphatic carbocycles. The Balaban J connectivity index is 2.23. The van der Waals surface area contributed by atoms with Crippen LogP contribution in [-0.2, 0) is 4.74 Å². The molecule has 0 radical (unpaired) electrons. The zero-order chi connectivity index (χ0) is 11.3. The molecule has 90 valence electrons. The summed E-state index contributed by atoms with van der Waals surface area (Å²) in [4.78, 5) is 0. The topological polar surface area (TPSA) is 21.3 Å². The van der Waals surface area contributed by atoms with Gasteiger partial charge in [-0.1, -0.05) is 13.8 Å². The maximum Gasteiger partial charge on any atom is 0.0601 e. The highest BCUT2D eigenvalue weighted by Gasteiger charge is 2.31. The Morgan fingerprint density at radius 3 is 2.33 bits per heavy atom. The second kappa shape index (κ2) is 6.12. The lowest BCUT2D eigenvalue weighted by Gasteiger charge is -2.38. The van der Waals surface area contributed by atoms with Crippen LogP contribution < -0.4 is 5.32 Å². The number of methoxy groups -OCH3 is 1. The molecule has 3 heteroatoms. The van der Waals surface area contributed by atoms with Crippen molar-refractivity contribution in [3.05, 3.63) is 0 Å². The second-order valence-electron chi connectivity index (χ2n) is 4.50. The lowest BCUT2D eigenvalue weighted by atomic mass is 9.88. The fourth-order valence-electron chi connectivity index (χ4n) is 2.12. The van der Waals surface area contributed by atoms with Gasteiger partial charge in [0.15, 0.2) is 0 Å². The SMILES string of the molecule is CCC(CC)(CNC1CC(OC)C1)SC. The highest BCUT2D eigenvalue weighted by Crippen LogP contribution is 2.31. The summed E-state index contributed by atoms with van der Waals surface area (Å²) in [7, 11) is 1.81. The molecule has 0 aliphatic heterocycles. The molecule has 0 aromatic carbocycles. The quantitative estimate of drug-likeness (QED) is 0.728. The van der Waals surface area contributed by atoms with Gasteiger partial charge in [-0.25, -0.2) is 0 Å². The maximum absolute atomic E-state index is 5.28. The molecule has 0 spiro atoms. The molecule has 0 atom stereocenters. The minimum absolute atomic E-state index is 0.443. The van der Waals surface area contributed by atoms with Gasteiger partial charge in [0.25, 0.3) is 0 Å². The third-order valence-corrected chi connectivity index (χ3v) is 5.45. The monoisotopic (exact) mass is 231 g/mol. The largest absolute Gasteiger partial charge is 0.381 e. The van der Waals surface area contributed by atoms with Gasteiger partial charge in [-0.15, -0.1) is 0 Å². The van der Waals surface area contributed by atoms with Gasteiger partial charge in [0.2, 0.25) is 0 Å². The molecule has 1 rings (SSSR count). The van der Waals surface area contributed by atoms with E-state index in [-0.39, 0.29) is 0 Å². The molecule has 0 saturated heterocycles. The molecule has 1 N–H and O–H groups in total. The molecule has 0 bridgehead atoms. The Kier molecular flexibility index (Phi) is 5.44. The highest BCUT2D eigenvalue weighted by molar-refractivity contribution is 8.00. The van der Waals surface area contributed by atoms with Gasteiger partial charge in [-0.3, -0.25) is 0 Å². The fourth-order valence-corrected chi connectivity index (χ4v) is 2.92. The first-order chi connectivity index (χ1) is 7.19. The van der Waals surface area contributed by atoms with E-state index in [9.17, 15) is 0 Å². The summed E-state index contributed by atoms with van der Waals surface area (Å²) in [6.45, 7) is 5.73. The summed E-state index contributed by atoms with van der Waals surface area (Å²) in [6, 6.07) is 0.694. The molecule has 0 heterocycles. The van der Waals surface area contributed by atoms with Crippen LogP contribution in [0, 0.1) is 0 Å². The van der Waals surface area contributed by atoms with Crippen molar-refractivity contribution in [2.75, 3.05) is 19.9 Å². The molecule has 1 saturated carbocycles. The minimum Gasteiger partial charge on any atom is -0.381 e. The van der Waals surface area contributed by atoms with E-state index in [1.807, 2.05) is 18.9 Å². The zero-order valence-electron chi connectivity index (χ0n) is 10.5. The maximum atomic E-state index is 5.28. The highest BCUT2D eigenvalue weighted by atomic mass is 32.2. The molecule has 0 aromatic rings. The van der Waals surface area contributed by atoms with Crippen molar-refractivity contribution in [2.45, 2.75) is 56.4 Å². The molecule has 0 amide bonds. The first-order valence-corrected chi connectivity index (χ1v) is 7.23. The predicted octanol–water partition coefficient (Wildman–Crippen LogP) is 2.68. The lowest BCUT2D eigenvalue weighted by molar-refractivity contribution is 0.0168. The van der Waals surface area contributed by atoms with E-state index in [2.05, 4.69) is 25.4 Å². The lowest BCUT2D eigenvalue weighted by Crippen LogP contribution is -2.49. The van der Waals surface area contributed by atoms with E-state index in [4.69, 9.17) is 4.74 Å². The van der Waals surface area contributed by atoms with E-state index in [1.165, 1.54) is 25.7 Å². The van der Waals surface area contributed by atoms with Gasteiger partial charge < -0.3 is 10.1 Å². The van der Waals surface area contributed by atoms with Crippen LogP contribution in [0.2, 0.25) is 0 Å². The summed E-state index contributed by atoms with van der Waals surface area (Å²) >= 11 is 2.01. The number of nitrogens with one attached hydrogen (secondary N) is 1. The zero-order valence-corrected chi connectivity index (χ0v) is 11.3. The summed E-state index contributed by atoms with van der Waals surface area (Å²) in [5.74, 6) is 0. The van der Waals surface area contributed by atoms with Crippen molar-refractivity contribution >= 4 is 11.8 Å². The summed E-state index contributed by atoms with van der Waals surface area (Å²) in [6.07, 6.45) is 7.61. The van der Waals surface area contributed by atoms with Crippen molar-refractivity contribution in [1.29, 1.82) is 0 Å². The van der Waals surface area contributed by atoms with Gasteiger partial charge in [0, 0.05) is 24.4 Å². The third kappa shape index (κ3) is 3.36. The van der Waals surface area contributed by atoms with E-state index < -0.39 is 0 Å². The van der Waals surface area contributed by atoms with Gasteiger partial charge in [-0.05, 0) is 31.9 Å². The van der Waals surface area contributed by atoms with Gasteiger partial charge in [0.05, 0.1) is 6.10 Å². The molecular weight excluding hydrogens is 206 g/mol. The van der Waals surface area contributed by atoms with Crippen LogP contribution in [-0.4, -0.2) is 36.8 Å². The summed E-state index contributed by atoms with van der Waals surface area (Å²) in [5, 5.41) is 3.68. The van der Waals surface area contributed by atoms with Crippen LogP contribution in [0.3, 0.4) is 0 Å². The Bertz CT molecular complexity index is 168. The van der Waals surface area contributed by atoms with Crippen molar-refractivity contribution in [3.63, 3.8) is 0 Å². The molecule has 2 nitrogen and oxygen atoms in total. The molecule has 1 fully saturated rings. The van der Waals surface area contributed by atoms with Crippen molar-refractivity contribution in [2.24, 2.45) is 0 Å². The number of ether oxygens (including phenoxy) is 1. The minimum atomic E-state index is 0.443. The first-order valence-electron chi connectivity index (χ1n) is 6.01. The summed E-state index contributed by atoms with van der Waals surface area (Å²) < 4.78 is 5.72. The average Bonchev–Trinajstić information content (AvgIpc) is 2.23. The Hall–Kier alpha value is 0.270. The van der Waals surface area contributed by atoms with Crippen molar-refractivity contribution < 1.29 is 4.74 Å². The Morgan fingerprint density at radius 2 is 1.93 bits per heavy atom. The van der Waals surface area contributed by atoms with Crippen LogP contribution in [0.4, 0.5) is 0 Å². The van der Waals surface area contributed by atoms with Crippen LogP contribution in [0.1, 0.15) is 39.5 Å². The van der Waals surface area contributed by atoms with E-state index in [1.54, 1.807) is 0 Å². The van der Waals surface area contributed by atoms with Crippen molar-refractivity contribution in [3.8, 4) is 0 Å². The second-order valence-corrected chi connectivity index (χ2v) is 5.78. The number of rotatable bonds is 7. The molecule has 0 unspecified atom stereocenters. The fraction of sp³-hybridized carbons (Fsp3) is 1.00. The van der Waals surface area contributed by atoms with Crippen molar-refractivity contribution in [1.82, 2.24) is 5.32 Å². The molecule has 0 aromatic heterocycles. The predicted molar refractivity (Wildman–Crippen MR) is 68.6 cm³/mol. The summed E-state index contributed by atoms with van der Waals surface area (Å²) in [5.41, 5.74) is 0. The normalized spacial score (nSPS) is 26.4. The average molecular weight is 231 g/mol. The number of hydrogen-bond acceptors (Lipinski definition) is 3. The van der Waals surface area contributed by atoms with Gasteiger partial charge in [0.1, 0.15) is 0 Å². The molecular formula is C12H25NOS. The smallest absolute Gasteiger partial charge is 0.0601 e. The first kappa shape index (κ1) is 13.3. The van der Waals surface area contributed by atoms with E-state index in [0.29, 0.717) is 16.9 Å². The van der Waals surface area contributed by atoms with Crippen LogP contribution in [0.15, 0.2) is 0 Å². The van der Waals surface area contributed by atoms with E-state index >= 15 is 0 Å². The van der Waals surface area contributed by atoms with E-state index in [0.717, 1.165) is 6.54 Å². The van der Waals surface area contributed by atoms with Crippen LogP contribution in [0.5, 0.6) is 0 Å². The molecule has 1 aliphatic rings. The van der Waals surface area contributed by atoms with Crippen LogP contribution >= 0.6 is 11.8 Å². The molecule has 15 heavy (non-hydrogen) atoms. The third-order valence-electron chi connectivity index (χ3n) is 3.86. The number of hydrogen-bond donors (Lipinski definition) is 1. The Labute approximate surface area is 98.5 Å². The standard InChI is InChI=1S/C12H25NOS/c1-5-12(6-2,15-4)9-13-10-7-11(8-10)14-3/h10-11,13H,5-9H2,1-4H3. The van der Waals surface area contributed by atoms with Gasteiger partial charge in [-0.2, -0.15) is 11.8 Å². The van der Waals surface area contributed by atoms with Crippen LogP contribution in [0.25, 0.3) is 0 Å². The van der Waals surface area contributed by atoms with Gasteiger partial charge >= 0.3 is 0 Å². The Morgan fingerprint density at radius 1 is 1.33 bits per heavy atom.